The fourth-order valence-corrected chi connectivity index (χ4v) is 6.46. The van der Waals surface area contributed by atoms with Crippen LogP contribution < -0.4 is 21.6 Å². The van der Waals surface area contributed by atoms with E-state index in [1.807, 2.05) is 0 Å². The predicted octanol–water partition coefficient (Wildman–Crippen LogP) is 1.21. The lowest BCUT2D eigenvalue weighted by Crippen LogP contribution is -2.48. The van der Waals surface area contributed by atoms with Crippen molar-refractivity contribution in [3.8, 4) is 0 Å². The maximum atomic E-state index is 15.9. The van der Waals surface area contributed by atoms with Gasteiger partial charge in [-0.3, -0.25) is 14.2 Å². The highest BCUT2D eigenvalue weighted by molar-refractivity contribution is 8.10. The quantitative estimate of drug-likeness (QED) is 0.199. The zero-order valence-corrected chi connectivity index (χ0v) is 24.4. The highest BCUT2D eigenvalue weighted by Gasteiger charge is 2.65. The topological polar surface area (TPSA) is 176 Å². The van der Waals surface area contributed by atoms with Crippen LogP contribution in [-0.2, 0) is 40.1 Å². The van der Waals surface area contributed by atoms with Gasteiger partial charge < -0.3 is 29.6 Å². The number of carbonyl (C=O) groups is 2. The Bertz CT molecular complexity index is 1120. The van der Waals surface area contributed by atoms with Crippen molar-refractivity contribution in [3.05, 3.63) is 22.7 Å². The van der Waals surface area contributed by atoms with Crippen LogP contribution in [0, 0.1) is 0 Å². The van der Waals surface area contributed by atoms with Crippen LogP contribution in [0.15, 0.2) is 17.1 Å². The van der Waals surface area contributed by atoms with Crippen LogP contribution in [0.1, 0.15) is 54.7 Å². The van der Waals surface area contributed by atoms with E-state index in [0.29, 0.717) is 4.57 Å². The number of nitrogens with one attached hydrogen (secondary N) is 2. The summed E-state index contributed by atoms with van der Waals surface area (Å²) in [6.45, 7) is 5.34. The summed E-state index contributed by atoms with van der Waals surface area (Å²) >= 11 is 5.53. The van der Waals surface area contributed by atoms with Crippen molar-refractivity contribution in [2.24, 2.45) is 0 Å². The molecule has 6 atom stereocenters. The van der Waals surface area contributed by atoms with Gasteiger partial charge in [-0.25, -0.2) is 23.7 Å². The lowest BCUT2D eigenvalue weighted by atomic mass is 9.97. The average Bonchev–Trinajstić information content (AvgIpc) is 2.97. The minimum Gasteiger partial charge on any atom is -0.462 e. The van der Waals surface area contributed by atoms with Gasteiger partial charge in [0.25, 0.3) is 5.85 Å². The number of carbonyl (C=O) groups excluding carboxylic acids is 2. The molecule has 39 heavy (non-hydrogen) atoms. The standard InChI is InChI=1S/C22H36F2N5O8PS/c1-11(2)35-16(30)13(5)27-38(39,28-14(6)17(31)36-12(3)4)34-10-22(24)18(32)21(7,23)19(37-22)29-9-8-15(25)26-20(29)33/h8-9,11-14,18-19,32H,10H2,1-7H3,(H2,25,26,33)(H2,27,28,39)/t13-,14-,18-,19+,21+,22+/m0/s1. The summed E-state index contributed by atoms with van der Waals surface area (Å²) in [5.74, 6) is -4.79. The molecule has 1 aliphatic rings. The molecule has 0 bridgehead atoms. The summed E-state index contributed by atoms with van der Waals surface area (Å²) in [7, 11) is 0. The second-order valence-corrected chi connectivity index (χ2v) is 13.3. The van der Waals surface area contributed by atoms with E-state index in [9.17, 15) is 19.5 Å². The molecule has 1 aromatic rings. The molecule has 5 N–H and O–H groups in total. The van der Waals surface area contributed by atoms with Crippen LogP contribution >= 0.6 is 6.57 Å². The Hall–Kier alpha value is -2.07. The molecule has 1 aromatic heterocycles. The van der Waals surface area contributed by atoms with Gasteiger partial charge in [0.05, 0.1) is 12.2 Å². The number of esters is 2. The number of anilines is 1. The number of nitrogen functional groups attached to an aromatic ring is 1. The summed E-state index contributed by atoms with van der Waals surface area (Å²) < 4.78 is 53.2. The number of halogens is 2. The van der Waals surface area contributed by atoms with Crippen molar-refractivity contribution in [3.63, 3.8) is 0 Å². The number of aliphatic hydroxyl groups is 1. The molecule has 13 nitrogen and oxygen atoms in total. The summed E-state index contributed by atoms with van der Waals surface area (Å²) in [5.41, 5.74) is 1.59. The molecule has 2 heterocycles. The number of nitrogens with two attached hydrogens (primary N) is 1. The van der Waals surface area contributed by atoms with E-state index in [2.05, 4.69) is 15.2 Å². The van der Waals surface area contributed by atoms with E-state index >= 15 is 8.78 Å². The minimum absolute atomic E-state index is 0.154. The average molecular weight is 600 g/mol. The molecule has 0 aromatic carbocycles. The molecule has 1 aliphatic heterocycles. The van der Waals surface area contributed by atoms with Crippen molar-refractivity contribution in [1.29, 1.82) is 0 Å². The second-order valence-electron chi connectivity index (χ2n) is 9.85. The predicted molar refractivity (Wildman–Crippen MR) is 140 cm³/mol. The number of hydrogen-bond acceptors (Lipinski definition) is 11. The molecular weight excluding hydrogens is 563 g/mol. The Morgan fingerprint density at radius 3 is 2.10 bits per heavy atom. The Balaban J connectivity index is 2.32. The van der Waals surface area contributed by atoms with Gasteiger partial charge in [-0.05, 0) is 66.3 Å². The van der Waals surface area contributed by atoms with E-state index in [1.165, 1.54) is 19.9 Å². The number of ether oxygens (including phenoxy) is 3. The summed E-state index contributed by atoms with van der Waals surface area (Å²) in [6.07, 6.45) is -4.25. The Kier molecular flexibility index (Phi) is 10.7. The normalized spacial score (nSPS) is 27.0. The number of aliphatic hydroxyl groups excluding tert-OH is 1. The van der Waals surface area contributed by atoms with Crippen molar-refractivity contribution >= 4 is 36.1 Å². The lowest BCUT2D eigenvalue weighted by Gasteiger charge is -2.32. The number of rotatable bonds is 12. The third-order valence-electron chi connectivity index (χ3n) is 5.42. The first kappa shape index (κ1) is 33.1. The number of hydrogen-bond donors (Lipinski definition) is 4. The van der Waals surface area contributed by atoms with Crippen molar-refractivity contribution in [1.82, 2.24) is 19.7 Å². The highest BCUT2D eigenvalue weighted by atomic mass is 32.4. The Morgan fingerprint density at radius 1 is 1.18 bits per heavy atom. The molecule has 0 amide bonds. The molecule has 1 fully saturated rings. The van der Waals surface area contributed by atoms with Crippen LogP contribution in [0.25, 0.3) is 0 Å². The van der Waals surface area contributed by atoms with Gasteiger partial charge in [0, 0.05) is 6.20 Å². The molecule has 1 saturated heterocycles. The fourth-order valence-electron chi connectivity index (χ4n) is 3.54. The van der Waals surface area contributed by atoms with Gasteiger partial charge in [0.1, 0.15) is 24.5 Å². The number of aromatic nitrogens is 2. The maximum absolute atomic E-state index is 15.9. The molecule has 17 heteroatoms. The largest absolute Gasteiger partial charge is 0.462 e. The fraction of sp³-hybridized carbons (Fsp3) is 0.727. The smallest absolute Gasteiger partial charge is 0.351 e. The SMILES string of the molecule is CC(C)OC(=O)[C@H](C)NP(=S)(N[C@@H](C)C(=O)OC(C)C)OC[C@@]1(F)O[C@@H](n2ccc(N)nc2=O)[C@](C)(F)[C@@H]1O. The first-order valence-electron chi connectivity index (χ1n) is 12.1. The molecule has 0 radical (unpaired) electrons. The zero-order valence-electron chi connectivity index (χ0n) is 22.7. The zero-order chi connectivity index (χ0) is 29.9. The molecule has 0 aliphatic carbocycles. The van der Waals surface area contributed by atoms with Gasteiger partial charge in [0.15, 0.2) is 24.6 Å². The van der Waals surface area contributed by atoms with Crippen LogP contribution in [0.2, 0.25) is 0 Å². The van der Waals surface area contributed by atoms with Crippen LogP contribution in [0.4, 0.5) is 14.6 Å². The molecule has 0 unspecified atom stereocenters. The summed E-state index contributed by atoms with van der Waals surface area (Å²) in [4.78, 5) is 40.5. The van der Waals surface area contributed by atoms with E-state index in [1.54, 1.807) is 27.7 Å². The van der Waals surface area contributed by atoms with Gasteiger partial charge in [0.2, 0.25) is 0 Å². The third-order valence-corrected chi connectivity index (χ3v) is 8.31. The summed E-state index contributed by atoms with van der Waals surface area (Å²) in [6, 6.07) is -0.990. The van der Waals surface area contributed by atoms with E-state index in [4.69, 9.17) is 36.3 Å². The van der Waals surface area contributed by atoms with Crippen LogP contribution in [0.3, 0.4) is 0 Å². The monoisotopic (exact) mass is 599 g/mol. The molecule has 2 rings (SSSR count). The van der Waals surface area contributed by atoms with Gasteiger partial charge >= 0.3 is 17.6 Å². The van der Waals surface area contributed by atoms with Crippen LogP contribution in [-0.4, -0.2) is 75.1 Å². The first-order valence-corrected chi connectivity index (χ1v) is 14.8. The second kappa shape index (κ2) is 12.6. The van der Waals surface area contributed by atoms with Gasteiger partial charge in [-0.15, -0.1) is 0 Å². The summed E-state index contributed by atoms with van der Waals surface area (Å²) in [5, 5.41) is 16.0. The molecular formula is C22H36F2N5O8PS. The van der Waals surface area contributed by atoms with Crippen molar-refractivity contribution in [2.75, 3.05) is 12.3 Å². The number of nitrogens with zero attached hydrogens (tertiary/aromatic N) is 2. The molecule has 222 valence electrons. The Morgan fingerprint density at radius 2 is 1.67 bits per heavy atom. The maximum Gasteiger partial charge on any atom is 0.351 e. The van der Waals surface area contributed by atoms with Gasteiger partial charge in [-0.1, -0.05) is 0 Å². The Labute approximate surface area is 229 Å². The van der Waals surface area contributed by atoms with E-state index in [-0.39, 0.29) is 5.82 Å². The lowest BCUT2D eigenvalue weighted by molar-refractivity contribution is -0.202. The van der Waals surface area contributed by atoms with Crippen LogP contribution in [0.5, 0.6) is 0 Å². The minimum atomic E-state index is -3.72. The van der Waals surface area contributed by atoms with E-state index < -0.39 is 78.9 Å². The van der Waals surface area contributed by atoms with E-state index in [0.717, 1.165) is 13.1 Å². The molecule has 0 saturated carbocycles. The third kappa shape index (κ3) is 8.22. The highest BCUT2D eigenvalue weighted by Crippen LogP contribution is 2.50. The molecule has 0 spiro atoms. The number of alkyl halides is 2. The van der Waals surface area contributed by atoms with Gasteiger partial charge in [-0.2, -0.15) is 4.98 Å². The first-order chi connectivity index (χ1) is 17.8. The van der Waals surface area contributed by atoms with Crippen molar-refractivity contribution < 1.29 is 42.2 Å². The van der Waals surface area contributed by atoms with Crippen molar-refractivity contribution in [2.45, 2.75) is 96.6 Å².